The van der Waals surface area contributed by atoms with Gasteiger partial charge in [0.2, 0.25) is 5.75 Å². The van der Waals surface area contributed by atoms with Gasteiger partial charge in [0.15, 0.2) is 18.1 Å². The van der Waals surface area contributed by atoms with Gasteiger partial charge >= 0.3 is 0 Å². The van der Waals surface area contributed by atoms with Crippen molar-refractivity contribution in [3.63, 3.8) is 0 Å². The van der Waals surface area contributed by atoms with E-state index >= 15 is 0 Å². The molecule has 0 spiro atoms. The minimum absolute atomic E-state index is 0.0682. The number of piperidine rings is 1. The van der Waals surface area contributed by atoms with Crippen LogP contribution in [-0.4, -0.2) is 81.6 Å². The number of nitrogens with one attached hydrogen (secondary N) is 1. The summed E-state index contributed by atoms with van der Waals surface area (Å²) in [4.78, 5) is 30.3. The number of nitriles is 1. The predicted octanol–water partition coefficient (Wildman–Crippen LogP) is 8.98. The lowest BCUT2D eigenvalue weighted by Crippen LogP contribution is -2.49. The summed E-state index contributed by atoms with van der Waals surface area (Å²) in [6.45, 7) is 7.97. The van der Waals surface area contributed by atoms with Crippen LogP contribution in [0.5, 0.6) is 23.0 Å². The van der Waals surface area contributed by atoms with Gasteiger partial charge in [-0.3, -0.25) is 15.1 Å². The minimum Gasteiger partial charge on any atom is -0.493 e. The first kappa shape index (κ1) is 47.1. The number of hydrogen-bond donors (Lipinski definition) is 1. The number of carbonyl (C=O) groups excluding carboxylic acids is 1. The minimum atomic E-state index is -0.746. The van der Waals surface area contributed by atoms with Crippen LogP contribution in [0.4, 0.5) is 0 Å². The van der Waals surface area contributed by atoms with E-state index in [-0.39, 0.29) is 24.5 Å². The molecule has 57 heavy (non-hydrogen) atoms. The summed E-state index contributed by atoms with van der Waals surface area (Å²) in [6.07, 6.45) is 15.6. The Morgan fingerprint density at radius 3 is 2.02 bits per heavy atom. The SMILES string of the molecule is CCCCCCCCCCCCC(C#N)(CCCN(C)C(C)c1ccc(OCC(=O)NN2CCC(C(C)O[N+](=O)[O-])CC2)cc1)c1cc(OC)c(OC)c(OC)c1. The van der Waals surface area contributed by atoms with Crippen molar-refractivity contribution < 1.29 is 33.7 Å². The van der Waals surface area contributed by atoms with E-state index in [1.807, 2.05) is 41.4 Å². The Morgan fingerprint density at radius 1 is 0.930 bits per heavy atom. The second kappa shape index (κ2) is 25.2. The number of benzene rings is 2. The smallest absolute Gasteiger partial charge is 0.294 e. The Balaban J connectivity index is 1.54. The Kier molecular flexibility index (Phi) is 20.8. The van der Waals surface area contributed by atoms with Crippen LogP contribution in [-0.2, 0) is 15.0 Å². The highest BCUT2D eigenvalue weighted by molar-refractivity contribution is 5.77. The van der Waals surface area contributed by atoms with Crippen molar-refractivity contribution in [1.82, 2.24) is 15.3 Å². The molecule has 13 heteroatoms. The Bertz CT molecular complexity index is 1500. The molecule has 3 atom stereocenters. The van der Waals surface area contributed by atoms with Gasteiger partial charge in [0.1, 0.15) is 11.9 Å². The molecule has 1 amide bonds. The average molecular weight is 796 g/mol. The van der Waals surface area contributed by atoms with Gasteiger partial charge in [-0.15, -0.1) is 10.1 Å². The van der Waals surface area contributed by atoms with E-state index in [2.05, 4.69) is 37.3 Å². The third kappa shape index (κ3) is 15.2. The summed E-state index contributed by atoms with van der Waals surface area (Å²) in [5.41, 5.74) is 4.19. The topological polar surface area (TPSA) is 149 Å². The highest BCUT2D eigenvalue weighted by Crippen LogP contribution is 2.44. The van der Waals surface area contributed by atoms with Gasteiger partial charge in [-0.05, 0) is 101 Å². The standard InChI is InChI=1S/C44H69N5O8/c1-8-9-10-11-12-13-14-15-16-17-25-44(33-45,38-30-40(53-5)43(55-7)41(31-38)54-6)26-18-27-47(4)34(2)36-19-21-39(22-20-36)56-32-42(50)46-48-28-23-37(24-29-48)35(3)57-49(51)52/h19-22,30-31,34-35,37H,8-18,23-29,32H2,1-7H3,(H,46,50). The predicted molar refractivity (Wildman–Crippen MR) is 222 cm³/mol. The monoisotopic (exact) mass is 796 g/mol. The Labute approximate surface area is 341 Å². The molecule has 1 aliphatic rings. The Hall–Kier alpha value is -4.28. The van der Waals surface area contributed by atoms with Gasteiger partial charge in [-0.2, -0.15) is 5.26 Å². The number of rotatable bonds is 28. The van der Waals surface area contributed by atoms with Gasteiger partial charge in [-0.25, -0.2) is 5.01 Å². The maximum absolute atomic E-state index is 12.6. The van der Waals surface area contributed by atoms with E-state index in [9.17, 15) is 20.2 Å². The number of methoxy groups -OCH3 is 3. The maximum atomic E-state index is 12.6. The number of carbonyl (C=O) groups is 1. The summed E-state index contributed by atoms with van der Waals surface area (Å²) >= 11 is 0. The number of amides is 1. The molecule has 3 rings (SSSR count). The number of hydrogen-bond acceptors (Lipinski definition) is 11. The normalized spacial score (nSPS) is 15.6. The van der Waals surface area contributed by atoms with E-state index < -0.39 is 16.6 Å². The fourth-order valence-corrected chi connectivity index (χ4v) is 7.84. The summed E-state index contributed by atoms with van der Waals surface area (Å²) in [7, 11) is 6.92. The van der Waals surface area contributed by atoms with Crippen LogP contribution in [0.3, 0.4) is 0 Å². The molecule has 0 saturated carbocycles. The van der Waals surface area contributed by atoms with Crippen molar-refractivity contribution >= 4 is 5.91 Å². The molecule has 318 valence electrons. The van der Waals surface area contributed by atoms with Crippen LogP contribution in [0, 0.1) is 27.4 Å². The Morgan fingerprint density at radius 2 is 1.49 bits per heavy atom. The van der Waals surface area contributed by atoms with E-state index in [4.69, 9.17) is 23.8 Å². The lowest BCUT2D eigenvalue weighted by atomic mass is 9.73. The van der Waals surface area contributed by atoms with Crippen molar-refractivity contribution in [2.24, 2.45) is 5.92 Å². The van der Waals surface area contributed by atoms with Crippen molar-refractivity contribution in [1.29, 1.82) is 5.26 Å². The van der Waals surface area contributed by atoms with Gasteiger partial charge in [0.25, 0.3) is 11.0 Å². The van der Waals surface area contributed by atoms with E-state index in [0.717, 1.165) is 43.4 Å². The van der Waals surface area contributed by atoms with Gasteiger partial charge in [0.05, 0.1) is 32.8 Å². The van der Waals surface area contributed by atoms with Crippen molar-refractivity contribution in [2.45, 2.75) is 135 Å². The van der Waals surface area contributed by atoms with Crippen LogP contribution in [0.25, 0.3) is 0 Å². The molecule has 2 aromatic carbocycles. The molecule has 0 bridgehead atoms. The molecular weight excluding hydrogens is 727 g/mol. The number of nitrogens with zero attached hydrogens (tertiary/aromatic N) is 4. The second-order valence-corrected chi connectivity index (χ2v) is 15.6. The largest absolute Gasteiger partial charge is 0.493 e. The molecule has 3 unspecified atom stereocenters. The van der Waals surface area contributed by atoms with Crippen LogP contribution in [0.2, 0.25) is 0 Å². The van der Waals surface area contributed by atoms with E-state index in [0.29, 0.717) is 55.4 Å². The molecule has 1 fully saturated rings. The summed E-state index contributed by atoms with van der Waals surface area (Å²) in [5.74, 6) is 2.05. The molecule has 1 N–H and O–H groups in total. The second-order valence-electron chi connectivity index (χ2n) is 15.6. The maximum Gasteiger partial charge on any atom is 0.294 e. The molecule has 0 aliphatic carbocycles. The summed E-state index contributed by atoms with van der Waals surface area (Å²) < 4.78 is 22.8. The summed E-state index contributed by atoms with van der Waals surface area (Å²) in [5, 5.41) is 22.6. The molecule has 1 saturated heterocycles. The summed E-state index contributed by atoms with van der Waals surface area (Å²) in [6, 6.07) is 14.6. The van der Waals surface area contributed by atoms with Crippen molar-refractivity contribution in [2.75, 3.05) is 54.6 Å². The van der Waals surface area contributed by atoms with Crippen molar-refractivity contribution in [3.05, 3.63) is 57.6 Å². The zero-order valence-corrected chi connectivity index (χ0v) is 35.7. The van der Waals surface area contributed by atoms with Crippen molar-refractivity contribution in [3.8, 4) is 29.1 Å². The van der Waals surface area contributed by atoms with Gasteiger partial charge in [0, 0.05) is 19.1 Å². The lowest BCUT2D eigenvalue weighted by Gasteiger charge is -2.33. The number of hydrazine groups is 1. The molecule has 13 nitrogen and oxygen atoms in total. The molecule has 0 aromatic heterocycles. The fourth-order valence-electron chi connectivity index (χ4n) is 7.84. The highest BCUT2D eigenvalue weighted by Gasteiger charge is 2.34. The highest BCUT2D eigenvalue weighted by atomic mass is 17.0. The first-order valence-electron chi connectivity index (χ1n) is 21.0. The van der Waals surface area contributed by atoms with Crippen LogP contribution in [0.1, 0.15) is 134 Å². The van der Waals surface area contributed by atoms with Crippen LogP contribution >= 0.6 is 0 Å². The quantitative estimate of drug-likeness (QED) is 0.0500. The zero-order chi connectivity index (χ0) is 41.6. The fraction of sp³-hybridized carbons (Fsp3) is 0.682. The van der Waals surface area contributed by atoms with Crippen LogP contribution in [0.15, 0.2) is 36.4 Å². The third-order valence-electron chi connectivity index (χ3n) is 11.6. The number of ether oxygens (including phenoxy) is 4. The zero-order valence-electron chi connectivity index (χ0n) is 35.7. The lowest BCUT2D eigenvalue weighted by molar-refractivity contribution is -0.769. The molecule has 1 heterocycles. The third-order valence-corrected chi connectivity index (χ3v) is 11.6. The molecule has 1 aliphatic heterocycles. The molecule has 0 radical (unpaired) electrons. The first-order chi connectivity index (χ1) is 27.5. The molecule has 2 aromatic rings. The van der Waals surface area contributed by atoms with Gasteiger partial charge in [-0.1, -0.05) is 83.3 Å². The first-order valence-corrected chi connectivity index (χ1v) is 21.0. The van der Waals surface area contributed by atoms with E-state index in [1.165, 1.54) is 51.4 Å². The van der Waals surface area contributed by atoms with Crippen LogP contribution < -0.4 is 24.4 Å². The average Bonchev–Trinajstić information content (AvgIpc) is 3.22. The molecular formula is C44H69N5O8. The van der Waals surface area contributed by atoms with E-state index in [1.54, 1.807) is 28.3 Å². The number of unbranched alkanes of at least 4 members (excludes halogenated alkanes) is 9. The van der Waals surface area contributed by atoms with Gasteiger partial charge < -0.3 is 23.8 Å².